The number of hydrogen-bond acceptors (Lipinski definition) is 3. The lowest BCUT2D eigenvalue weighted by molar-refractivity contribution is 0.456. The van der Waals surface area contributed by atoms with Gasteiger partial charge in [-0.25, -0.2) is 0 Å². The van der Waals surface area contributed by atoms with Crippen molar-refractivity contribution in [2.75, 3.05) is 11.9 Å². The van der Waals surface area contributed by atoms with E-state index in [2.05, 4.69) is 5.32 Å². The summed E-state index contributed by atoms with van der Waals surface area (Å²) in [6.45, 7) is 4.60. The van der Waals surface area contributed by atoms with Crippen molar-refractivity contribution in [1.82, 2.24) is 0 Å². The van der Waals surface area contributed by atoms with E-state index < -0.39 is 0 Å². The minimum absolute atomic E-state index is 0.186. The Morgan fingerprint density at radius 3 is 2.46 bits per heavy atom. The summed E-state index contributed by atoms with van der Waals surface area (Å²) in [5.41, 5.74) is 1.36. The van der Waals surface area contributed by atoms with E-state index in [1.165, 1.54) is 6.07 Å². The summed E-state index contributed by atoms with van der Waals surface area (Å²) in [5, 5.41) is 22.0. The topological polar surface area (TPSA) is 52.5 Å². The first kappa shape index (κ1) is 9.71. The molecule has 0 fully saturated rings. The quantitative estimate of drug-likeness (QED) is 0.494. The van der Waals surface area contributed by atoms with E-state index in [1.807, 2.05) is 13.8 Å². The van der Waals surface area contributed by atoms with Gasteiger partial charge in [-0.1, -0.05) is 6.92 Å². The number of anilines is 1. The smallest absolute Gasteiger partial charge is 0.142 e. The molecule has 3 N–H and O–H groups in total. The molecule has 0 spiro atoms. The first-order valence-corrected chi connectivity index (χ1v) is 4.47. The molecule has 1 aromatic carbocycles. The van der Waals surface area contributed by atoms with Gasteiger partial charge >= 0.3 is 0 Å². The molecule has 72 valence electrons. The lowest BCUT2D eigenvalue weighted by Gasteiger charge is -2.10. The van der Waals surface area contributed by atoms with Crippen LogP contribution in [0.5, 0.6) is 11.5 Å². The number of phenols is 2. The standard InChI is InChI=1S/C10H15NO2/c1-3-7-5-8(12)6-9(10(7)13)11-4-2/h5-6,11-13H,3-4H2,1-2H3. The second-order valence-corrected chi connectivity index (χ2v) is 2.88. The molecule has 1 aromatic rings. The highest BCUT2D eigenvalue weighted by atomic mass is 16.3. The van der Waals surface area contributed by atoms with Crippen molar-refractivity contribution >= 4 is 5.69 Å². The molecule has 0 bridgehead atoms. The Labute approximate surface area is 78.0 Å². The van der Waals surface area contributed by atoms with Gasteiger partial charge in [0, 0.05) is 12.6 Å². The molecule has 13 heavy (non-hydrogen) atoms. The van der Waals surface area contributed by atoms with E-state index >= 15 is 0 Å². The number of aromatic hydroxyl groups is 2. The molecule has 0 saturated carbocycles. The third-order valence-electron chi connectivity index (χ3n) is 1.92. The highest BCUT2D eigenvalue weighted by Gasteiger charge is 2.06. The first-order valence-electron chi connectivity index (χ1n) is 4.47. The predicted molar refractivity (Wildman–Crippen MR) is 53.3 cm³/mol. The zero-order valence-electron chi connectivity index (χ0n) is 7.96. The summed E-state index contributed by atoms with van der Waals surface area (Å²) in [5.74, 6) is 0.424. The average molecular weight is 181 g/mol. The molecule has 0 radical (unpaired) electrons. The van der Waals surface area contributed by atoms with E-state index in [0.717, 1.165) is 12.1 Å². The third-order valence-corrected chi connectivity index (χ3v) is 1.92. The van der Waals surface area contributed by atoms with Gasteiger partial charge in [-0.05, 0) is 25.0 Å². The Hall–Kier alpha value is -1.38. The summed E-state index contributed by atoms with van der Waals surface area (Å²) in [6, 6.07) is 3.11. The van der Waals surface area contributed by atoms with Gasteiger partial charge in [0.25, 0.3) is 0 Å². The predicted octanol–water partition coefficient (Wildman–Crippen LogP) is 2.09. The zero-order chi connectivity index (χ0) is 9.84. The van der Waals surface area contributed by atoms with Crippen LogP contribution >= 0.6 is 0 Å². The van der Waals surface area contributed by atoms with E-state index in [0.29, 0.717) is 12.1 Å². The summed E-state index contributed by atoms with van der Waals surface area (Å²) >= 11 is 0. The molecule has 0 aliphatic carbocycles. The van der Waals surface area contributed by atoms with Gasteiger partial charge in [-0.15, -0.1) is 0 Å². The minimum Gasteiger partial charge on any atom is -0.508 e. The number of benzene rings is 1. The van der Waals surface area contributed by atoms with Crippen molar-refractivity contribution in [1.29, 1.82) is 0 Å². The van der Waals surface area contributed by atoms with Crippen LogP contribution in [0.25, 0.3) is 0 Å². The second kappa shape index (κ2) is 4.03. The van der Waals surface area contributed by atoms with Crippen molar-refractivity contribution in [3.8, 4) is 11.5 Å². The Morgan fingerprint density at radius 1 is 1.23 bits per heavy atom. The van der Waals surface area contributed by atoms with Gasteiger partial charge < -0.3 is 15.5 Å². The third kappa shape index (κ3) is 2.05. The highest BCUT2D eigenvalue weighted by Crippen LogP contribution is 2.32. The molecular formula is C10H15NO2. The fraction of sp³-hybridized carbons (Fsp3) is 0.400. The molecular weight excluding hydrogens is 166 g/mol. The maximum Gasteiger partial charge on any atom is 0.142 e. The molecule has 0 aliphatic rings. The highest BCUT2D eigenvalue weighted by molar-refractivity contribution is 5.62. The summed E-state index contributed by atoms with van der Waals surface area (Å²) in [7, 11) is 0. The van der Waals surface area contributed by atoms with Gasteiger partial charge in [-0.2, -0.15) is 0 Å². The van der Waals surface area contributed by atoms with E-state index in [-0.39, 0.29) is 11.5 Å². The van der Waals surface area contributed by atoms with Crippen LogP contribution in [0.4, 0.5) is 5.69 Å². The van der Waals surface area contributed by atoms with Crippen LogP contribution in [-0.4, -0.2) is 16.8 Å². The Bertz CT molecular complexity index is 297. The van der Waals surface area contributed by atoms with Gasteiger partial charge in [0.15, 0.2) is 0 Å². The Balaban J connectivity index is 3.11. The van der Waals surface area contributed by atoms with Crippen molar-refractivity contribution in [3.63, 3.8) is 0 Å². The summed E-state index contributed by atoms with van der Waals surface area (Å²) in [4.78, 5) is 0. The lowest BCUT2D eigenvalue weighted by Crippen LogP contribution is -1.98. The van der Waals surface area contributed by atoms with Crippen LogP contribution in [0, 0.1) is 0 Å². The number of hydrogen-bond donors (Lipinski definition) is 3. The van der Waals surface area contributed by atoms with Gasteiger partial charge in [0.1, 0.15) is 11.5 Å². The van der Waals surface area contributed by atoms with Gasteiger partial charge in [-0.3, -0.25) is 0 Å². The van der Waals surface area contributed by atoms with Gasteiger partial charge in [0.2, 0.25) is 0 Å². The molecule has 3 heteroatoms. The Morgan fingerprint density at radius 2 is 1.92 bits per heavy atom. The van der Waals surface area contributed by atoms with Crippen LogP contribution in [0.3, 0.4) is 0 Å². The number of nitrogens with one attached hydrogen (secondary N) is 1. The largest absolute Gasteiger partial charge is 0.508 e. The van der Waals surface area contributed by atoms with Crippen LogP contribution < -0.4 is 5.32 Å². The fourth-order valence-corrected chi connectivity index (χ4v) is 1.27. The number of rotatable bonds is 3. The number of aryl methyl sites for hydroxylation is 1. The maximum atomic E-state index is 9.67. The minimum atomic E-state index is 0.186. The van der Waals surface area contributed by atoms with Crippen molar-refractivity contribution in [3.05, 3.63) is 17.7 Å². The first-order chi connectivity index (χ1) is 6.19. The molecule has 0 heterocycles. The van der Waals surface area contributed by atoms with E-state index in [9.17, 15) is 10.2 Å². The van der Waals surface area contributed by atoms with E-state index in [1.54, 1.807) is 6.07 Å². The van der Waals surface area contributed by atoms with Crippen molar-refractivity contribution in [2.24, 2.45) is 0 Å². The van der Waals surface area contributed by atoms with Crippen molar-refractivity contribution < 1.29 is 10.2 Å². The van der Waals surface area contributed by atoms with Crippen LogP contribution in [0.2, 0.25) is 0 Å². The summed E-state index contributed by atoms with van der Waals surface area (Å²) < 4.78 is 0. The molecule has 3 nitrogen and oxygen atoms in total. The fourth-order valence-electron chi connectivity index (χ4n) is 1.27. The molecule has 0 aliphatic heterocycles. The maximum absolute atomic E-state index is 9.67. The van der Waals surface area contributed by atoms with Crippen LogP contribution in [-0.2, 0) is 6.42 Å². The molecule has 0 aromatic heterocycles. The molecule has 0 saturated heterocycles. The van der Waals surface area contributed by atoms with E-state index in [4.69, 9.17) is 0 Å². The van der Waals surface area contributed by atoms with Crippen molar-refractivity contribution in [2.45, 2.75) is 20.3 Å². The zero-order valence-corrected chi connectivity index (χ0v) is 7.96. The molecule has 0 amide bonds. The summed E-state index contributed by atoms with van der Waals surface area (Å²) in [6.07, 6.45) is 0.707. The van der Waals surface area contributed by atoms with Gasteiger partial charge in [0.05, 0.1) is 5.69 Å². The molecule has 1 rings (SSSR count). The van der Waals surface area contributed by atoms with Crippen LogP contribution in [0.15, 0.2) is 12.1 Å². The Kier molecular flexibility index (Phi) is 3.01. The SMILES string of the molecule is CCNc1cc(O)cc(CC)c1O. The molecule has 0 unspecified atom stereocenters. The van der Waals surface area contributed by atoms with Crippen LogP contribution in [0.1, 0.15) is 19.4 Å². The average Bonchev–Trinajstić information content (AvgIpc) is 2.11. The monoisotopic (exact) mass is 181 g/mol. The molecule has 0 atom stereocenters. The second-order valence-electron chi connectivity index (χ2n) is 2.88. The lowest BCUT2D eigenvalue weighted by atomic mass is 10.1. The normalized spacial score (nSPS) is 10.0. The number of phenolic OH excluding ortho intramolecular Hbond substituents is 2.